The first kappa shape index (κ1) is 13.9. The lowest BCUT2D eigenvalue weighted by atomic mass is 10.2. The van der Waals surface area contributed by atoms with Crippen molar-refractivity contribution in [3.63, 3.8) is 0 Å². The third kappa shape index (κ3) is 2.60. The largest absolute Gasteiger partial charge is 0.480 e. The number of pyridine rings is 1. The molecule has 1 N–H and O–H groups in total. The maximum absolute atomic E-state index is 12.4. The van der Waals surface area contributed by atoms with Crippen LogP contribution in [-0.4, -0.2) is 54.6 Å². The number of aliphatic carboxylic acids is 1. The minimum atomic E-state index is -3.87. The molecule has 19 heavy (non-hydrogen) atoms. The molecular weight excluding hydrogens is 272 g/mol. The van der Waals surface area contributed by atoms with Crippen molar-refractivity contribution < 1.29 is 23.1 Å². The zero-order chi connectivity index (χ0) is 14.0. The summed E-state index contributed by atoms with van der Waals surface area (Å²) in [6.45, 7) is 0.0324. The van der Waals surface area contributed by atoms with Crippen molar-refractivity contribution >= 4 is 16.0 Å². The van der Waals surface area contributed by atoms with Crippen LogP contribution in [0.1, 0.15) is 6.42 Å². The Morgan fingerprint density at radius 3 is 2.84 bits per heavy atom. The molecule has 0 aliphatic carbocycles. The van der Waals surface area contributed by atoms with Crippen molar-refractivity contribution in [1.29, 1.82) is 0 Å². The average molecular weight is 286 g/mol. The molecule has 1 aromatic rings. The van der Waals surface area contributed by atoms with Gasteiger partial charge in [-0.15, -0.1) is 0 Å². The highest BCUT2D eigenvalue weighted by molar-refractivity contribution is 7.89. The molecular formula is C11H14N2O5S. The fourth-order valence-electron chi connectivity index (χ4n) is 2.06. The summed E-state index contributed by atoms with van der Waals surface area (Å²) < 4.78 is 30.8. The second-order valence-electron chi connectivity index (χ2n) is 4.21. The predicted molar refractivity (Wildman–Crippen MR) is 65.0 cm³/mol. The number of hydrogen-bond donors (Lipinski definition) is 1. The van der Waals surface area contributed by atoms with E-state index >= 15 is 0 Å². The Balaban J connectivity index is 2.36. The summed E-state index contributed by atoms with van der Waals surface area (Å²) in [6.07, 6.45) is 2.39. The summed E-state index contributed by atoms with van der Waals surface area (Å²) in [5.74, 6) is -1.17. The van der Waals surface area contributed by atoms with Crippen LogP contribution in [0.2, 0.25) is 0 Å². The highest BCUT2D eigenvalue weighted by atomic mass is 32.2. The van der Waals surface area contributed by atoms with E-state index in [1.807, 2.05) is 0 Å². The lowest BCUT2D eigenvalue weighted by Crippen LogP contribution is -2.40. The van der Waals surface area contributed by atoms with Gasteiger partial charge in [-0.1, -0.05) is 0 Å². The third-order valence-electron chi connectivity index (χ3n) is 3.08. The predicted octanol–water partition coefficient (Wildman–Crippen LogP) is -0.0558. The lowest BCUT2D eigenvalue weighted by Gasteiger charge is -2.20. The summed E-state index contributed by atoms with van der Waals surface area (Å²) in [4.78, 5) is 14.9. The molecule has 8 heteroatoms. The Labute approximate surface area is 110 Å². The highest BCUT2D eigenvalue weighted by Gasteiger charge is 2.44. The Bertz CT molecular complexity index is 560. The van der Waals surface area contributed by atoms with Gasteiger partial charge in [0, 0.05) is 32.5 Å². The van der Waals surface area contributed by atoms with Gasteiger partial charge in [-0.2, -0.15) is 4.31 Å². The SMILES string of the molecule is COC1CC(C(=O)O)N(S(=O)(=O)c2cccnc2)C1. The third-order valence-corrected chi connectivity index (χ3v) is 4.93. The molecule has 1 fully saturated rings. The molecule has 104 valence electrons. The van der Waals surface area contributed by atoms with E-state index in [1.165, 1.54) is 31.6 Å². The normalized spacial score (nSPS) is 24.5. The second kappa shape index (κ2) is 5.24. The van der Waals surface area contributed by atoms with Crippen LogP contribution in [-0.2, 0) is 19.6 Å². The number of nitrogens with zero attached hydrogens (tertiary/aromatic N) is 2. The van der Waals surface area contributed by atoms with Crippen LogP contribution < -0.4 is 0 Å². The number of hydrogen-bond acceptors (Lipinski definition) is 5. The molecule has 0 amide bonds. The van der Waals surface area contributed by atoms with Gasteiger partial charge in [-0.25, -0.2) is 8.42 Å². The molecule has 0 spiro atoms. The molecule has 1 aromatic heterocycles. The van der Waals surface area contributed by atoms with Crippen molar-refractivity contribution in [3.05, 3.63) is 24.5 Å². The maximum Gasteiger partial charge on any atom is 0.322 e. The number of methoxy groups -OCH3 is 1. The van der Waals surface area contributed by atoms with Crippen molar-refractivity contribution in [2.24, 2.45) is 0 Å². The fourth-order valence-corrected chi connectivity index (χ4v) is 3.65. The van der Waals surface area contributed by atoms with Gasteiger partial charge in [0.1, 0.15) is 10.9 Å². The summed E-state index contributed by atoms with van der Waals surface area (Å²) in [5, 5.41) is 9.13. The van der Waals surface area contributed by atoms with E-state index in [-0.39, 0.29) is 17.9 Å². The van der Waals surface area contributed by atoms with E-state index in [0.717, 1.165) is 4.31 Å². The molecule has 2 atom stereocenters. The van der Waals surface area contributed by atoms with E-state index in [9.17, 15) is 13.2 Å². The van der Waals surface area contributed by atoms with Gasteiger partial charge in [0.2, 0.25) is 10.0 Å². The van der Waals surface area contributed by atoms with Crippen molar-refractivity contribution in [2.75, 3.05) is 13.7 Å². The Kier molecular flexibility index (Phi) is 3.83. The van der Waals surface area contributed by atoms with Gasteiger partial charge in [0.15, 0.2) is 0 Å². The molecule has 0 bridgehead atoms. The highest BCUT2D eigenvalue weighted by Crippen LogP contribution is 2.27. The topological polar surface area (TPSA) is 96.8 Å². The molecule has 0 aromatic carbocycles. The van der Waals surface area contributed by atoms with Crippen LogP contribution in [0.25, 0.3) is 0 Å². The quantitative estimate of drug-likeness (QED) is 0.833. The smallest absolute Gasteiger partial charge is 0.322 e. The van der Waals surface area contributed by atoms with Crippen LogP contribution in [0.5, 0.6) is 0 Å². The number of sulfonamides is 1. The molecule has 2 unspecified atom stereocenters. The first-order valence-electron chi connectivity index (χ1n) is 5.64. The van der Waals surface area contributed by atoms with E-state index in [1.54, 1.807) is 0 Å². The van der Waals surface area contributed by atoms with Gasteiger partial charge in [0.25, 0.3) is 0 Å². The van der Waals surface area contributed by atoms with E-state index in [4.69, 9.17) is 9.84 Å². The molecule has 7 nitrogen and oxygen atoms in total. The van der Waals surface area contributed by atoms with Crippen LogP contribution >= 0.6 is 0 Å². The number of carbonyl (C=O) groups is 1. The number of aromatic nitrogens is 1. The minimum Gasteiger partial charge on any atom is -0.480 e. The molecule has 2 rings (SSSR count). The number of carboxylic acid groups (broad SMARTS) is 1. The molecule has 1 saturated heterocycles. The minimum absolute atomic E-state index is 0.0157. The Morgan fingerprint density at radius 2 is 2.32 bits per heavy atom. The van der Waals surface area contributed by atoms with Crippen molar-refractivity contribution in [1.82, 2.24) is 9.29 Å². The van der Waals surface area contributed by atoms with Crippen molar-refractivity contribution in [3.8, 4) is 0 Å². The first-order chi connectivity index (χ1) is 8.96. The van der Waals surface area contributed by atoms with Crippen LogP contribution in [0, 0.1) is 0 Å². The van der Waals surface area contributed by atoms with Crippen LogP contribution in [0.3, 0.4) is 0 Å². The molecule has 2 heterocycles. The standard InChI is InChI=1S/C11H14N2O5S/c1-18-8-5-10(11(14)15)13(7-8)19(16,17)9-3-2-4-12-6-9/h2-4,6,8,10H,5,7H2,1H3,(H,14,15). The number of carboxylic acids is 1. The van der Waals surface area contributed by atoms with Gasteiger partial charge in [-0.05, 0) is 12.1 Å². The van der Waals surface area contributed by atoms with Gasteiger partial charge < -0.3 is 9.84 Å². The van der Waals surface area contributed by atoms with Gasteiger partial charge in [0.05, 0.1) is 6.10 Å². The summed E-state index contributed by atoms with van der Waals surface area (Å²) in [7, 11) is -2.43. The van der Waals surface area contributed by atoms with Crippen LogP contribution in [0.4, 0.5) is 0 Å². The summed E-state index contributed by atoms with van der Waals surface area (Å²) in [5.41, 5.74) is 0. The van der Waals surface area contributed by atoms with Crippen LogP contribution in [0.15, 0.2) is 29.4 Å². The molecule has 0 saturated carbocycles. The monoisotopic (exact) mass is 286 g/mol. The van der Waals surface area contributed by atoms with E-state index < -0.39 is 28.1 Å². The zero-order valence-electron chi connectivity index (χ0n) is 10.3. The first-order valence-corrected chi connectivity index (χ1v) is 7.08. The van der Waals surface area contributed by atoms with Gasteiger partial charge >= 0.3 is 5.97 Å². The van der Waals surface area contributed by atoms with Gasteiger partial charge in [-0.3, -0.25) is 9.78 Å². The molecule has 1 aliphatic rings. The zero-order valence-corrected chi connectivity index (χ0v) is 11.1. The Hall–Kier alpha value is -1.51. The number of ether oxygens (including phenoxy) is 1. The fraction of sp³-hybridized carbons (Fsp3) is 0.455. The van der Waals surface area contributed by atoms with Crippen molar-refractivity contribution in [2.45, 2.75) is 23.5 Å². The average Bonchev–Trinajstić information content (AvgIpc) is 2.85. The maximum atomic E-state index is 12.4. The number of rotatable bonds is 4. The molecule has 0 radical (unpaired) electrons. The molecule has 1 aliphatic heterocycles. The summed E-state index contributed by atoms with van der Waals surface area (Å²) >= 11 is 0. The second-order valence-corrected chi connectivity index (χ2v) is 6.10. The lowest BCUT2D eigenvalue weighted by molar-refractivity contribution is -0.140. The van der Waals surface area contributed by atoms with E-state index in [2.05, 4.69) is 4.98 Å². The van der Waals surface area contributed by atoms with E-state index in [0.29, 0.717) is 0 Å². The Morgan fingerprint density at radius 1 is 1.58 bits per heavy atom. The summed E-state index contributed by atoms with van der Waals surface area (Å²) in [6, 6.07) is 1.78.